The zero-order valence-corrected chi connectivity index (χ0v) is 23.5. The van der Waals surface area contributed by atoms with Gasteiger partial charge in [-0.15, -0.1) is 24.8 Å². The molecule has 0 saturated carbocycles. The Labute approximate surface area is 240 Å². The molecule has 0 aliphatic carbocycles. The molecule has 202 valence electrons. The van der Waals surface area contributed by atoms with Crippen LogP contribution in [0.3, 0.4) is 0 Å². The lowest BCUT2D eigenvalue weighted by Crippen LogP contribution is -2.40. The Hall–Kier alpha value is -2.81. The molecule has 0 atom stereocenters. The normalized spacial score (nSPS) is 14.0. The van der Waals surface area contributed by atoms with Crippen LogP contribution in [-0.4, -0.2) is 58.0 Å². The fraction of sp³-hybridized carbons (Fsp3) is 0.286. The molecule has 7 nitrogen and oxygen atoms in total. The second-order valence-corrected chi connectivity index (χ2v) is 9.65. The van der Waals surface area contributed by atoms with Gasteiger partial charge in [0.1, 0.15) is 0 Å². The number of rotatable bonds is 7. The van der Waals surface area contributed by atoms with E-state index in [1.807, 2.05) is 78.5 Å². The van der Waals surface area contributed by atoms with E-state index < -0.39 is 0 Å². The van der Waals surface area contributed by atoms with E-state index in [0.29, 0.717) is 17.1 Å². The molecular formula is C28H32Cl3N5O2. The smallest absolute Gasteiger partial charge is 0.251 e. The minimum atomic E-state index is -0.188. The monoisotopic (exact) mass is 575 g/mol. The summed E-state index contributed by atoms with van der Waals surface area (Å²) in [5, 5.41) is 22.3. The van der Waals surface area contributed by atoms with Crippen molar-refractivity contribution in [3.05, 3.63) is 83.0 Å². The van der Waals surface area contributed by atoms with E-state index in [4.69, 9.17) is 11.6 Å². The third kappa shape index (κ3) is 6.79. The van der Waals surface area contributed by atoms with Gasteiger partial charge in [-0.1, -0.05) is 29.8 Å². The highest BCUT2D eigenvalue weighted by atomic mass is 35.5. The van der Waals surface area contributed by atoms with Crippen molar-refractivity contribution in [3.8, 4) is 5.69 Å². The lowest BCUT2D eigenvalue weighted by molar-refractivity contribution is 0.0804. The Kier molecular flexibility index (Phi) is 10.4. The number of fused-ring (bicyclic) bond motifs is 1. The molecule has 0 unspecified atom stereocenters. The quantitative estimate of drug-likeness (QED) is 0.261. The SMILES string of the molecule is Cc1cccc(Nc2ccc3c(cnn3-c3cccc(C(=O)NCCN4CCC(O)CC4)c3)c2)c1Cl.Cl.Cl. The van der Waals surface area contributed by atoms with Crippen molar-refractivity contribution in [2.75, 3.05) is 31.5 Å². The molecule has 0 radical (unpaired) electrons. The van der Waals surface area contributed by atoms with Crippen LogP contribution < -0.4 is 10.6 Å². The van der Waals surface area contributed by atoms with Crippen LogP contribution >= 0.6 is 36.4 Å². The van der Waals surface area contributed by atoms with E-state index in [0.717, 1.165) is 66.0 Å². The number of piperidine rings is 1. The molecule has 38 heavy (non-hydrogen) atoms. The molecule has 1 saturated heterocycles. The number of carbonyl (C=O) groups excluding carboxylic acids is 1. The van der Waals surface area contributed by atoms with Gasteiger partial charge in [0.05, 0.1) is 34.2 Å². The van der Waals surface area contributed by atoms with Crippen LogP contribution in [0.4, 0.5) is 11.4 Å². The van der Waals surface area contributed by atoms with Crippen molar-refractivity contribution in [2.45, 2.75) is 25.9 Å². The number of nitrogens with one attached hydrogen (secondary N) is 2. The highest BCUT2D eigenvalue weighted by molar-refractivity contribution is 6.34. The molecule has 1 amide bonds. The van der Waals surface area contributed by atoms with Crippen LogP contribution in [0.25, 0.3) is 16.6 Å². The summed E-state index contributed by atoms with van der Waals surface area (Å²) in [6, 6.07) is 19.4. The molecule has 3 aromatic carbocycles. The first kappa shape index (κ1) is 29.7. The number of aryl methyl sites for hydroxylation is 1. The van der Waals surface area contributed by atoms with Crippen molar-refractivity contribution in [3.63, 3.8) is 0 Å². The first-order valence-electron chi connectivity index (χ1n) is 12.3. The van der Waals surface area contributed by atoms with E-state index in [2.05, 4.69) is 20.6 Å². The van der Waals surface area contributed by atoms with Gasteiger partial charge in [0, 0.05) is 42.8 Å². The van der Waals surface area contributed by atoms with Gasteiger partial charge in [0.15, 0.2) is 0 Å². The average Bonchev–Trinajstić information content (AvgIpc) is 3.31. The Balaban J connectivity index is 0.00000200. The van der Waals surface area contributed by atoms with Crippen molar-refractivity contribution in [2.24, 2.45) is 0 Å². The van der Waals surface area contributed by atoms with Gasteiger partial charge >= 0.3 is 0 Å². The summed E-state index contributed by atoms with van der Waals surface area (Å²) < 4.78 is 1.84. The number of halogens is 3. The van der Waals surface area contributed by atoms with Crippen LogP contribution in [-0.2, 0) is 0 Å². The van der Waals surface area contributed by atoms with E-state index in [9.17, 15) is 9.90 Å². The largest absolute Gasteiger partial charge is 0.393 e. The fourth-order valence-electron chi connectivity index (χ4n) is 4.57. The Morgan fingerprint density at radius 2 is 1.84 bits per heavy atom. The molecule has 4 aromatic rings. The minimum absolute atomic E-state index is 0. The third-order valence-electron chi connectivity index (χ3n) is 6.66. The van der Waals surface area contributed by atoms with Gasteiger partial charge in [0.2, 0.25) is 0 Å². The summed E-state index contributed by atoms with van der Waals surface area (Å²) in [5.41, 5.74) is 5.17. The first-order chi connectivity index (χ1) is 17.5. The summed E-state index contributed by atoms with van der Waals surface area (Å²) in [6.45, 7) is 5.08. The molecule has 1 aromatic heterocycles. The number of anilines is 2. The number of nitrogens with zero attached hydrogens (tertiary/aromatic N) is 3. The lowest BCUT2D eigenvalue weighted by Gasteiger charge is -2.29. The molecule has 2 heterocycles. The van der Waals surface area contributed by atoms with Gasteiger partial charge in [-0.3, -0.25) is 4.79 Å². The van der Waals surface area contributed by atoms with E-state index in [1.165, 1.54) is 0 Å². The molecule has 1 aliphatic heterocycles. The number of likely N-dealkylation sites (tertiary alicyclic amines) is 1. The minimum Gasteiger partial charge on any atom is -0.393 e. The number of carbonyl (C=O) groups is 1. The maximum atomic E-state index is 12.8. The van der Waals surface area contributed by atoms with Crippen molar-refractivity contribution in [1.29, 1.82) is 0 Å². The van der Waals surface area contributed by atoms with E-state index >= 15 is 0 Å². The predicted octanol–water partition coefficient (Wildman–Crippen LogP) is 5.76. The average molecular weight is 577 g/mol. The van der Waals surface area contributed by atoms with Gasteiger partial charge in [0.25, 0.3) is 5.91 Å². The summed E-state index contributed by atoms with van der Waals surface area (Å²) >= 11 is 6.44. The number of benzene rings is 3. The summed E-state index contributed by atoms with van der Waals surface area (Å²) in [5.74, 6) is -0.105. The van der Waals surface area contributed by atoms with Gasteiger partial charge < -0.3 is 20.6 Å². The van der Waals surface area contributed by atoms with Gasteiger partial charge in [-0.05, 0) is 67.8 Å². The van der Waals surface area contributed by atoms with Gasteiger partial charge in [-0.2, -0.15) is 5.10 Å². The Bertz CT molecular complexity index is 1390. The summed E-state index contributed by atoms with van der Waals surface area (Å²) in [6.07, 6.45) is 3.22. The van der Waals surface area contributed by atoms with E-state index in [-0.39, 0.29) is 36.8 Å². The molecule has 1 aliphatic rings. The van der Waals surface area contributed by atoms with Crippen molar-refractivity contribution in [1.82, 2.24) is 20.0 Å². The van der Waals surface area contributed by atoms with Crippen molar-refractivity contribution >= 4 is 64.6 Å². The Morgan fingerprint density at radius 1 is 1.08 bits per heavy atom. The van der Waals surface area contributed by atoms with E-state index in [1.54, 1.807) is 0 Å². The summed E-state index contributed by atoms with van der Waals surface area (Å²) in [7, 11) is 0. The maximum absolute atomic E-state index is 12.8. The second kappa shape index (κ2) is 13.3. The van der Waals surface area contributed by atoms with Crippen LogP contribution in [0.15, 0.2) is 66.9 Å². The number of aliphatic hydroxyl groups is 1. The third-order valence-corrected chi connectivity index (χ3v) is 7.16. The maximum Gasteiger partial charge on any atom is 0.251 e. The predicted molar refractivity (Wildman–Crippen MR) is 159 cm³/mol. The zero-order valence-electron chi connectivity index (χ0n) is 21.1. The highest BCUT2D eigenvalue weighted by Gasteiger charge is 2.17. The molecular weight excluding hydrogens is 545 g/mol. The first-order valence-corrected chi connectivity index (χ1v) is 12.6. The standard InChI is InChI=1S/C28H30ClN5O2.2ClH/c1-19-4-2-7-25(27(19)29)32-22-8-9-26-21(16-22)18-31-34(26)23-6-3-5-20(17-23)28(36)30-12-15-33-13-10-24(35)11-14-33;;/h2-9,16-18,24,32,35H,10-15H2,1H3,(H,30,36);2*1H. The number of aromatic nitrogens is 2. The molecule has 10 heteroatoms. The van der Waals surface area contributed by atoms with Crippen LogP contribution in [0.2, 0.25) is 5.02 Å². The van der Waals surface area contributed by atoms with Gasteiger partial charge in [-0.25, -0.2) is 4.68 Å². The fourth-order valence-corrected chi connectivity index (χ4v) is 4.74. The van der Waals surface area contributed by atoms with Crippen molar-refractivity contribution < 1.29 is 9.90 Å². The van der Waals surface area contributed by atoms with Crippen LogP contribution in [0, 0.1) is 6.92 Å². The lowest BCUT2D eigenvalue weighted by atomic mass is 10.1. The molecule has 1 fully saturated rings. The number of aliphatic hydroxyl groups excluding tert-OH is 1. The number of amides is 1. The molecule has 0 bridgehead atoms. The zero-order chi connectivity index (χ0) is 25.1. The number of hydrogen-bond acceptors (Lipinski definition) is 5. The second-order valence-electron chi connectivity index (χ2n) is 9.27. The number of hydrogen-bond donors (Lipinski definition) is 3. The summed E-state index contributed by atoms with van der Waals surface area (Å²) in [4.78, 5) is 15.0. The van der Waals surface area contributed by atoms with Crippen LogP contribution in [0.1, 0.15) is 28.8 Å². The Morgan fingerprint density at radius 3 is 2.63 bits per heavy atom. The highest BCUT2D eigenvalue weighted by Crippen LogP contribution is 2.30. The molecule has 0 spiro atoms. The van der Waals surface area contributed by atoms with Crippen LogP contribution in [0.5, 0.6) is 0 Å². The topological polar surface area (TPSA) is 82.4 Å². The molecule has 3 N–H and O–H groups in total. The molecule has 5 rings (SSSR count).